The lowest BCUT2D eigenvalue weighted by molar-refractivity contribution is -0.137. The van der Waals surface area contributed by atoms with E-state index in [2.05, 4.69) is 19.8 Å². The second-order valence-corrected chi connectivity index (χ2v) is 14.8. The first-order chi connectivity index (χ1) is 23.7. The Morgan fingerprint density at radius 1 is 0.980 bits per heavy atom. The molecule has 9 nitrogen and oxygen atoms in total. The van der Waals surface area contributed by atoms with Crippen LogP contribution in [0.5, 0.6) is 11.5 Å². The van der Waals surface area contributed by atoms with Gasteiger partial charge < -0.3 is 19.3 Å². The van der Waals surface area contributed by atoms with Crippen LogP contribution in [0.1, 0.15) is 47.1 Å². The first-order valence-corrected chi connectivity index (χ1v) is 17.8. The normalized spacial score (nSPS) is 16.8. The van der Waals surface area contributed by atoms with E-state index >= 15 is 0 Å². The van der Waals surface area contributed by atoms with Gasteiger partial charge in [0, 0.05) is 48.2 Å². The van der Waals surface area contributed by atoms with E-state index in [0.29, 0.717) is 53.1 Å². The third-order valence-electron chi connectivity index (χ3n) is 9.63. The number of nitrogens with zero attached hydrogens (tertiary/aromatic N) is 5. The zero-order valence-corrected chi connectivity index (χ0v) is 30.1. The van der Waals surface area contributed by atoms with E-state index in [1.54, 1.807) is 51.3 Å². The summed E-state index contributed by atoms with van der Waals surface area (Å²) >= 11 is 0. The van der Waals surface area contributed by atoms with Crippen LogP contribution in [0.2, 0.25) is 0 Å². The zero-order valence-electron chi connectivity index (χ0n) is 29.3. The number of anilines is 2. The van der Waals surface area contributed by atoms with E-state index in [0.717, 1.165) is 31.1 Å². The van der Waals surface area contributed by atoms with Crippen molar-refractivity contribution in [2.24, 2.45) is 0 Å². The summed E-state index contributed by atoms with van der Waals surface area (Å²) in [7, 11) is 2.96. The van der Waals surface area contributed by atoms with Crippen molar-refractivity contribution >= 4 is 21.5 Å². The molecule has 1 aliphatic heterocycles. The van der Waals surface area contributed by atoms with Gasteiger partial charge in [-0.2, -0.15) is 13.2 Å². The molecule has 0 radical (unpaired) electrons. The summed E-state index contributed by atoms with van der Waals surface area (Å²) in [5, 5.41) is 0. The Kier molecular flexibility index (Phi) is 11.0. The summed E-state index contributed by atoms with van der Waals surface area (Å²) in [5.74, 6) is 1.27. The van der Waals surface area contributed by atoms with Crippen LogP contribution in [-0.2, 0) is 29.2 Å². The number of rotatable bonds is 12. The number of aromatic nitrogens is 2. The van der Waals surface area contributed by atoms with Gasteiger partial charge in [0.25, 0.3) is 10.0 Å². The van der Waals surface area contributed by atoms with E-state index in [1.807, 2.05) is 26.2 Å². The van der Waals surface area contributed by atoms with E-state index < -0.39 is 21.8 Å². The second-order valence-electron chi connectivity index (χ2n) is 13.0. The van der Waals surface area contributed by atoms with Crippen molar-refractivity contribution in [2.75, 3.05) is 50.6 Å². The predicted molar refractivity (Wildman–Crippen MR) is 188 cm³/mol. The Balaban J connectivity index is 1.45. The Hall–Kier alpha value is -4.36. The lowest BCUT2D eigenvalue weighted by Gasteiger charge is -2.48. The van der Waals surface area contributed by atoms with Crippen LogP contribution in [0.25, 0.3) is 0 Å². The zero-order chi connectivity index (χ0) is 36.3. The lowest BCUT2D eigenvalue weighted by Crippen LogP contribution is -2.56. The van der Waals surface area contributed by atoms with Crippen LogP contribution < -0.4 is 18.7 Å². The molecule has 2 heterocycles. The van der Waals surface area contributed by atoms with Crippen molar-refractivity contribution in [3.8, 4) is 11.5 Å². The molecule has 3 aromatic carbocycles. The van der Waals surface area contributed by atoms with Gasteiger partial charge in [0.2, 0.25) is 0 Å². The van der Waals surface area contributed by atoms with E-state index in [-0.39, 0.29) is 22.8 Å². The molecule has 1 aromatic heterocycles. The fourth-order valence-corrected chi connectivity index (χ4v) is 8.71. The highest BCUT2D eigenvalue weighted by atomic mass is 32.2. The Morgan fingerprint density at radius 2 is 1.72 bits per heavy atom. The number of likely N-dealkylation sites (N-methyl/N-ethyl adjacent to an activating group) is 1. The van der Waals surface area contributed by atoms with E-state index in [9.17, 15) is 21.6 Å². The van der Waals surface area contributed by atoms with E-state index in [4.69, 9.17) is 9.47 Å². The molecule has 0 aliphatic carbocycles. The molecule has 4 aromatic rings. The Morgan fingerprint density at radius 3 is 2.34 bits per heavy atom. The number of sulfonamides is 1. The number of aryl methyl sites for hydroxylation is 3. The Bertz CT molecular complexity index is 1880. The monoisotopic (exact) mass is 711 g/mol. The highest BCUT2D eigenvalue weighted by molar-refractivity contribution is 7.92. The van der Waals surface area contributed by atoms with Crippen LogP contribution in [0.15, 0.2) is 78.1 Å². The minimum Gasteiger partial charge on any atom is -0.497 e. The number of ether oxygens (including phenoxy) is 2. The van der Waals surface area contributed by atoms with Gasteiger partial charge in [-0.25, -0.2) is 22.7 Å². The maximum atomic E-state index is 14.6. The summed E-state index contributed by atoms with van der Waals surface area (Å²) in [4.78, 5) is 12.9. The maximum Gasteiger partial charge on any atom is 0.416 e. The highest BCUT2D eigenvalue weighted by Gasteiger charge is 2.38. The largest absolute Gasteiger partial charge is 0.497 e. The van der Waals surface area contributed by atoms with Crippen LogP contribution >= 0.6 is 0 Å². The van der Waals surface area contributed by atoms with E-state index in [1.165, 1.54) is 36.1 Å². The quantitative estimate of drug-likeness (QED) is 0.155. The number of benzene rings is 3. The van der Waals surface area contributed by atoms with Crippen molar-refractivity contribution in [3.63, 3.8) is 0 Å². The van der Waals surface area contributed by atoms with Crippen LogP contribution in [0.3, 0.4) is 0 Å². The van der Waals surface area contributed by atoms with Gasteiger partial charge in [-0.15, -0.1) is 0 Å². The molecule has 0 spiro atoms. The average Bonchev–Trinajstić information content (AvgIpc) is 3.09. The molecular formula is C37H44F3N5O4S. The summed E-state index contributed by atoms with van der Waals surface area (Å²) in [6, 6.07) is 16.2. The average molecular weight is 712 g/mol. The van der Waals surface area contributed by atoms with Crippen molar-refractivity contribution < 1.29 is 31.1 Å². The number of piperidine rings is 1. The maximum absolute atomic E-state index is 14.6. The SMILES string of the molecule is COc1ccc(CN(c2ccncn2)S(=O)(=O)c2c(C)cc(N3CCCC(CCc4cccc(C(F)(F)F)c4)(N(C)C)C3)cc2C)c(OC)c1. The number of hydrogen-bond acceptors (Lipinski definition) is 8. The molecule has 268 valence electrons. The summed E-state index contributed by atoms with van der Waals surface area (Å²) in [6.07, 6.45) is 1.37. The van der Waals surface area contributed by atoms with Gasteiger partial charge in [-0.05, 0) is 101 Å². The lowest BCUT2D eigenvalue weighted by atomic mass is 9.82. The summed E-state index contributed by atoms with van der Waals surface area (Å²) < 4.78 is 81.5. The third kappa shape index (κ3) is 7.83. The molecule has 0 saturated carbocycles. The van der Waals surface area contributed by atoms with Gasteiger partial charge in [-0.3, -0.25) is 0 Å². The standard InChI is InChI=1S/C37H44F3N5O4S/c1-26-19-31(44-18-8-15-36(24-44,43(3)4)16-13-28-9-7-10-30(21-28)37(38,39)40)20-27(2)35(26)50(46,47)45(34-14-17-41-25-42-34)23-29-11-12-32(48-5)22-33(29)49-6/h7,9-12,14,17,19-22,25H,8,13,15-16,18,23-24H2,1-6H3. The number of alkyl halides is 3. The fraction of sp³-hybridized carbons (Fsp3) is 0.405. The van der Waals surface area contributed by atoms with Crippen LogP contribution in [-0.4, -0.2) is 70.2 Å². The minimum atomic E-state index is -4.39. The summed E-state index contributed by atoms with van der Waals surface area (Å²) in [5.41, 5.74) is 2.42. The molecule has 1 aliphatic rings. The van der Waals surface area contributed by atoms with Crippen molar-refractivity contribution in [2.45, 2.75) is 62.7 Å². The first kappa shape index (κ1) is 36.9. The van der Waals surface area contributed by atoms with Crippen LogP contribution in [0, 0.1) is 13.8 Å². The van der Waals surface area contributed by atoms with Gasteiger partial charge in [0.15, 0.2) is 0 Å². The molecule has 1 atom stereocenters. The number of methoxy groups -OCH3 is 2. The Labute approximate surface area is 292 Å². The molecular weight excluding hydrogens is 667 g/mol. The van der Waals surface area contributed by atoms with Crippen molar-refractivity contribution in [3.05, 3.63) is 101 Å². The molecule has 0 bridgehead atoms. The van der Waals surface area contributed by atoms with Crippen molar-refractivity contribution in [1.82, 2.24) is 14.9 Å². The molecule has 0 amide bonds. The molecule has 5 rings (SSSR count). The topological polar surface area (TPSA) is 88.1 Å². The predicted octanol–water partition coefficient (Wildman–Crippen LogP) is 7.06. The molecule has 13 heteroatoms. The minimum absolute atomic E-state index is 0.0451. The van der Waals surface area contributed by atoms with Gasteiger partial charge in [-0.1, -0.05) is 18.2 Å². The second kappa shape index (κ2) is 14.9. The first-order valence-electron chi connectivity index (χ1n) is 16.4. The fourth-order valence-electron chi connectivity index (χ4n) is 6.89. The van der Waals surface area contributed by atoms with Gasteiger partial charge in [0.1, 0.15) is 23.6 Å². The number of halogens is 3. The number of hydrogen-bond donors (Lipinski definition) is 0. The molecule has 0 N–H and O–H groups in total. The molecule has 1 fully saturated rings. The molecule has 1 unspecified atom stereocenters. The smallest absolute Gasteiger partial charge is 0.416 e. The molecule has 50 heavy (non-hydrogen) atoms. The van der Waals surface area contributed by atoms with Gasteiger partial charge in [0.05, 0.1) is 31.2 Å². The summed E-state index contributed by atoms with van der Waals surface area (Å²) in [6.45, 7) is 4.97. The molecule has 1 saturated heterocycles. The highest BCUT2D eigenvalue weighted by Crippen LogP contribution is 2.38. The van der Waals surface area contributed by atoms with Gasteiger partial charge >= 0.3 is 6.18 Å². The van der Waals surface area contributed by atoms with Crippen LogP contribution in [0.4, 0.5) is 24.7 Å². The van der Waals surface area contributed by atoms with Crippen molar-refractivity contribution in [1.29, 1.82) is 0 Å². The third-order valence-corrected chi connectivity index (χ3v) is 11.7.